The molecular formula is C15H19N3O3S2. The Labute approximate surface area is 140 Å². The van der Waals surface area contributed by atoms with Crippen LogP contribution < -0.4 is 10.0 Å². The highest BCUT2D eigenvalue weighted by Crippen LogP contribution is 2.26. The maximum atomic E-state index is 11.2. The van der Waals surface area contributed by atoms with E-state index in [9.17, 15) is 8.42 Å². The number of anilines is 2. The number of aromatic nitrogens is 1. The molecular weight excluding hydrogens is 334 g/mol. The van der Waals surface area contributed by atoms with Gasteiger partial charge in [-0.05, 0) is 25.0 Å². The van der Waals surface area contributed by atoms with Crippen LogP contribution in [-0.2, 0) is 14.8 Å². The molecule has 3 rings (SSSR count). The maximum absolute atomic E-state index is 11.2. The van der Waals surface area contributed by atoms with E-state index >= 15 is 0 Å². The predicted octanol–water partition coefficient (Wildman–Crippen LogP) is 2.77. The maximum Gasteiger partial charge on any atom is 0.229 e. The van der Waals surface area contributed by atoms with Crippen LogP contribution in [0.5, 0.6) is 0 Å². The lowest BCUT2D eigenvalue weighted by molar-refractivity contribution is 0.120. The van der Waals surface area contributed by atoms with Crippen LogP contribution in [0.4, 0.5) is 10.8 Å². The van der Waals surface area contributed by atoms with Gasteiger partial charge < -0.3 is 10.1 Å². The third-order valence-corrected chi connectivity index (χ3v) is 4.90. The molecule has 1 aromatic carbocycles. The van der Waals surface area contributed by atoms with Gasteiger partial charge in [0.25, 0.3) is 0 Å². The minimum atomic E-state index is -3.25. The number of nitrogens with one attached hydrogen (secondary N) is 2. The summed E-state index contributed by atoms with van der Waals surface area (Å²) in [5.41, 5.74) is 2.37. The minimum Gasteiger partial charge on any atom is -0.376 e. The van der Waals surface area contributed by atoms with Crippen LogP contribution >= 0.6 is 11.3 Å². The van der Waals surface area contributed by atoms with Crippen molar-refractivity contribution in [3.8, 4) is 11.3 Å². The first-order valence-corrected chi connectivity index (χ1v) is 10.2. The summed E-state index contributed by atoms with van der Waals surface area (Å²) in [5.74, 6) is 0. The Morgan fingerprint density at radius 3 is 2.78 bits per heavy atom. The first-order valence-electron chi connectivity index (χ1n) is 7.39. The first kappa shape index (κ1) is 16.2. The summed E-state index contributed by atoms with van der Waals surface area (Å²) in [6, 6.07) is 7.17. The molecule has 8 heteroatoms. The van der Waals surface area contributed by atoms with Gasteiger partial charge in [-0.1, -0.05) is 12.1 Å². The molecule has 0 aliphatic carbocycles. The molecule has 1 aliphatic heterocycles. The van der Waals surface area contributed by atoms with Crippen molar-refractivity contribution < 1.29 is 13.2 Å². The predicted molar refractivity (Wildman–Crippen MR) is 93.5 cm³/mol. The van der Waals surface area contributed by atoms with Crippen molar-refractivity contribution in [1.29, 1.82) is 0 Å². The molecule has 1 unspecified atom stereocenters. The van der Waals surface area contributed by atoms with Crippen molar-refractivity contribution in [1.82, 2.24) is 4.98 Å². The lowest BCUT2D eigenvalue weighted by Crippen LogP contribution is -2.18. The number of thiazole rings is 1. The fourth-order valence-electron chi connectivity index (χ4n) is 2.42. The average Bonchev–Trinajstić information content (AvgIpc) is 3.16. The van der Waals surface area contributed by atoms with Crippen molar-refractivity contribution in [2.24, 2.45) is 0 Å². The number of sulfonamides is 1. The Morgan fingerprint density at radius 2 is 2.13 bits per heavy atom. The standard InChI is InChI=1S/C15H19N3O3S2/c1-23(19,20)18-12-6-4-11(5-7-12)14-10-22-15(17-14)16-9-13-3-2-8-21-13/h4-7,10,13,18H,2-3,8-9H2,1H3,(H,16,17). The second-order valence-corrected chi connectivity index (χ2v) is 8.11. The van der Waals surface area contributed by atoms with Gasteiger partial charge in [-0.3, -0.25) is 4.72 Å². The van der Waals surface area contributed by atoms with E-state index in [-0.39, 0.29) is 6.10 Å². The summed E-state index contributed by atoms with van der Waals surface area (Å²) in [4.78, 5) is 4.56. The van der Waals surface area contributed by atoms with E-state index in [1.807, 2.05) is 17.5 Å². The second-order valence-electron chi connectivity index (χ2n) is 5.51. The molecule has 124 valence electrons. The number of hydrogen-bond donors (Lipinski definition) is 2. The van der Waals surface area contributed by atoms with Gasteiger partial charge in [0.05, 0.1) is 18.1 Å². The van der Waals surface area contributed by atoms with E-state index in [2.05, 4.69) is 15.0 Å². The highest BCUT2D eigenvalue weighted by atomic mass is 32.2. The van der Waals surface area contributed by atoms with Crippen LogP contribution in [0.15, 0.2) is 29.6 Å². The molecule has 23 heavy (non-hydrogen) atoms. The van der Waals surface area contributed by atoms with Gasteiger partial charge in [-0.15, -0.1) is 11.3 Å². The van der Waals surface area contributed by atoms with E-state index in [1.54, 1.807) is 23.5 Å². The van der Waals surface area contributed by atoms with Crippen LogP contribution in [0.3, 0.4) is 0 Å². The zero-order valence-corrected chi connectivity index (χ0v) is 14.4. The van der Waals surface area contributed by atoms with Crippen LogP contribution in [0.2, 0.25) is 0 Å². The largest absolute Gasteiger partial charge is 0.376 e. The highest BCUT2D eigenvalue weighted by molar-refractivity contribution is 7.92. The van der Waals surface area contributed by atoms with E-state index in [0.717, 1.165) is 48.6 Å². The molecule has 1 aromatic heterocycles. The zero-order valence-electron chi connectivity index (χ0n) is 12.8. The Hall–Kier alpha value is -1.64. The van der Waals surface area contributed by atoms with E-state index in [1.165, 1.54) is 0 Å². The van der Waals surface area contributed by atoms with Crippen molar-refractivity contribution in [3.05, 3.63) is 29.6 Å². The monoisotopic (exact) mass is 353 g/mol. The summed E-state index contributed by atoms with van der Waals surface area (Å²) in [5, 5.41) is 6.16. The first-order chi connectivity index (χ1) is 11.0. The molecule has 0 saturated carbocycles. The number of benzene rings is 1. The van der Waals surface area contributed by atoms with Gasteiger partial charge in [-0.2, -0.15) is 0 Å². The molecule has 1 aliphatic rings. The van der Waals surface area contributed by atoms with Gasteiger partial charge in [-0.25, -0.2) is 13.4 Å². The summed E-state index contributed by atoms with van der Waals surface area (Å²) >= 11 is 1.55. The van der Waals surface area contributed by atoms with Gasteiger partial charge in [0.1, 0.15) is 0 Å². The van der Waals surface area contributed by atoms with Crippen LogP contribution in [0, 0.1) is 0 Å². The van der Waals surface area contributed by atoms with E-state index < -0.39 is 10.0 Å². The van der Waals surface area contributed by atoms with Crippen molar-refractivity contribution in [2.75, 3.05) is 29.4 Å². The molecule has 1 saturated heterocycles. The van der Waals surface area contributed by atoms with Crippen molar-refractivity contribution in [2.45, 2.75) is 18.9 Å². The fourth-order valence-corrected chi connectivity index (χ4v) is 3.71. The summed E-state index contributed by atoms with van der Waals surface area (Å²) < 4.78 is 30.4. The zero-order chi connectivity index (χ0) is 16.3. The number of nitrogens with zero attached hydrogens (tertiary/aromatic N) is 1. The molecule has 2 heterocycles. The lowest BCUT2D eigenvalue weighted by atomic mass is 10.1. The van der Waals surface area contributed by atoms with Crippen LogP contribution in [0.25, 0.3) is 11.3 Å². The molecule has 6 nitrogen and oxygen atoms in total. The van der Waals surface area contributed by atoms with Gasteiger partial charge >= 0.3 is 0 Å². The molecule has 0 radical (unpaired) electrons. The Morgan fingerprint density at radius 1 is 1.35 bits per heavy atom. The van der Waals surface area contributed by atoms with Crippen molar-refractivity contribution >= 4 is 32.2 Å². The van der Waals surface area contributed by atoms with Crippen LogP contribution in [0.1, 0.15) is 12.8 Å². The fraction of sp³-hybridized carbons (Fsp3) is 0.400. The third-order valence-electron chi connectivity index (χ3n) is 3.49. The molecule has 0 amide bonds. The average molecular weight is 353 g/mol. The summed E-state index contributed by atoms with van der Waals surface area (Å²) in [6.07, 6.45) is 3.64. The highest BCUT2D eigenvalue weighted by Gasteiger charge is 2.15. The normalized spacial score (nSPS) is 18.0. The van der Waals surface area contributed by atoms with Gasteiger partial charge in [0, 0.05) is 29.8 Å². The van der Waals surface area contributed by atoms with E-state index in [4.69, 9.17) is 4.74 Å². The SMILES string of the molecule is CS(=O)(=O)Nc1ccc(-c2csc(NCC3CCCO3)n2)cc1. The Bertz CT molecular complexity index is 751. The topological polar surface area (TPSA) is 80.3 Å². The smallest absolute Gasteiger partial charge is 0.229 e. The number of hydrogen-bond acceptors (Lipinski definition) is 6. The number of ether oxygens (including phenoxy) is 1. The Balaban J connectivity index is 1.62. The molecule has 1 fully saturated rings. The van der Waals surface area contributed by atoms with Crippen molar-refractivity contribution in [3.63, 3.8) is 0 Å². The molecule has 0 bridgehead atoms. The van der Waals surface area contributed by atoms with E-state index in [0.29, 0.717) is 5.69 Å². The molecule has 1 atom stereocenters. The molecule has 2 aromatic rings. The Kier molecular flexibility index (Phi) is 4.84. The lowest BCUT2D eigenvalue weighted by Gasteiger charge is -2.09. The summed E-state index contributed by atoms with van der Waals surface area (Å²) in [7, 11) is -3.25. The quantitative estimate of drug-likeness (QED) is 0.835. The third kappa shape index (κ3) is 4.66. The van der Waals surface area contributed by atoms with Gasteiger partial charge in [0.2, 0.25) is 10.0 Å². The minimum absolute atomic E-state index is 0.281. The molecule has 0 spiro atoms. The second kappa shape index (κ2) is 6.86. The summed E-state index contributed by atoms with van der Waals surface area (Å²) in [6.45, 7) is 1.63. The molecule has 2 N–H and O–H groups in total. The number of rotatable bonds is 6. The van der Waals surface area contributed by atoms with Gasteiger partial charge in [0.15, 0.2) is 5.13 Å². The van der Waals surface area contributed by atoms with Crippen LogP contribution in [-0.4, -0.2) is 38.9 Å².